The molecule has 1 atom stereocenters. The minimum atomic E-state index is -4.29. The van der Waals surface area contributed by atoms with Gasteiger partial charge in [0.25, 0.3) is 0 Å². The second-order valence-corrected chi connectivity index (χ2v) is 5.87. The highest BCUT2D eigenvalue weighted by Crippen LogP contribution is 2.29. The number of halogens is 3. The summed E-state index contributed by atoms with van der Waals surface area (Å²) in [6.07, 6.45) is -4.29. The van der Waals surface area contributed by atoms with E-state index in [-0.39, 0.29) is 6.04 Å². The van der Waals surface area contributed by atoms with Gasteiger partial charge in [0, 0.05) is 12.6 Å². The largest absolute Gasteiger partial charge is 0.416 e. The van der Waals surface area contributed by atoms with Crippen molar-refractivity contribution < 1.29 is 13.2 Å². The molecule has 3 rings (SSSR count). The molecule has 0 bridgehead atoms. The zero-order valence-electron chi connectivity index (χ0n) is 13.3. The molecule has 0 aliphatic rings. The Morgan fingerprint density at radius 1 is 0.875 bits per heavy atom. The summed E-state index contributed by atoms with van der Waals surface area (Å²) in [5, 5.41) is 5.75. The van der Waals surface area contributed by atoms with E-state index in [1.165, 1.54) is 28.5 Å². The standard InChI is InChI=1S/C20H18F3N/c1-14(18-8-4-6-16-5-2-3-7-19(16)18)24-13-15-9-11-17(12-10-15)20(21,22)23/h2-12,14,24H,13H2,1H3. The smallest absolute Gasteiger partial charge is 0.306 e. The van der Waals surface area contributed by atoms with Crippen LogP contribution in [-0.4, -0.2) is 0 Å². The van der Waals surface area contributed by atoms with Crippen LogP contribution in [-0.2, 0) is 12.7 Å². The zero-order valence-corrected chi connectivity index (χ0v) is 13.3. The first-order valence-electron chi connectivity index (χ1n) is 7.82. The van der Waals surface area contributed by atoms with E-state index in [4.69, 9.17) is 0 Å². The van der Waals surface area contributed by atoms with Crippen molar-refractivity contribution in [1.29, 1.82) is 0 Å². The van der Waals surface area contributed by atoms with Crippen LogP contribution in [0, 0.1) is 0 Å². The van der Waals surface area contributed by atoms with Crippen LogP contribution in [0.1, 0.15) is 29.7 Å². The van der Waals surface area contributed by atoms with Gasteiger partial charge in [0.15, 0.2) is 0 Å². The van der Waals surface area contributed by atoms with Crippen LogP contribution in [0.4, 0.5) is 13.2 Å². The lowest BCUT2D eigenvalue weighted by Crippen LogP contribution is -2.18. The van der Waals surface area contributed by atoms with Gasteiger partial charge in [-0.2, -0.15) is 13.2 Å². The van der Waals surface area contributed by atoms with Gasteiger partial charge in [0.05, 0.1) is 5.56 Å². The Morgan fingerprint density at radius 3 is 2.25 bits per heavy atom. The molecule has 0 amide bonds. The van der Waals surface area contributed by atoms with E-state index in [2.05, 4.69) is 36.5 Å². The lowest BCUT2D eigenvalue weighted by molar-refractivity contribution is -0.137. The fourth-order valence-corrected chi connectivity index (χ4v) is 2.82. The van der Waals surface area contributed by atoms with Crippen molar-refractivity contribution in [3.05, 3.63) is 83.4 Å². The molecule has 0 aliphatic heterocycles. The summed E-state index contributed by atoms with van der Waals surface area (Å²) in [6, 6.07) is 19.7. The predicted octanol–water partition coefficient (Wildman–Crippen LogP) is 5.71. The van der Waals surface area contributed by atoms with Crippen molar-refractivity contribution in [3.63, 3.8) is 0 Å². The Bertz CT molecular complexity index is 817. The molecule has 0 aliphatic carbocycles. The maximum Gasteiger partial charge on any atom is 0.416 e. The van der Waals surface area contributed by atoms with Crippen molar-refractivity contribution in [2.24, 2.45) is 0 Å². The van der Waals surface area contributed by atoms with Crippen LogP contribution in [0.15, 0.2) is 66.7 Å². The van der Waals surface area contributed by atoms with Gasteiger partial charge >= 0.3 is 6.18 Å². The average molecular weight is 329 g/mol. The normalized spacial score (nSPS) is 13.2. The molecule has 1 N–H and O–H groups in total. The lowest BCUT2D eigenvalue weighted by atomic mass is 9.99. The van der Waals surface area contributed by atoms with Crippen LogP contribution in [0.2, 0.25) is 0 Å². The molecule has 24 heavy (non-hydrogen) atoms. The van der Waals surface area contributed by atoms with Gasteiger partial charge in [-0.25, -0.2) is 0 Å². The molecule has 3 aromatic rings. The Labute approximate surface area is 139 Å². The van der Waals surface area contributed by atoms with Crippen molar-refractivity contribution >= 4 is 10.8 Å². The third-order valence-corrected chi connectivity index (χ3v) is 4.18. The van der Waals surface area contributed by atoms with E-state index in [9.17, 15) is 13.2 Å². The van der Waals surface area contributed by atoms with Crippen molar-refractivity contribution in [2.75, 3.05) is 0 Å². The van der Waals surface area contributed by atoms with Crippen LogP contribution >= 0.6 is 0 Å². The van der Waals surface area contributed by atoms with Crippen molar-refractivity contribution in [3.8, 4) is 0 Å². The number of hydrogen-bond acceptors (Lipinski definition) is 1. The lowest BCUT2D eigenvalue weighted by Gasteiger charge is -2.17. The second-order valence-electron chi connectivity index (χ2n) is 5.87. The molecular weight excluding hydrogens is 311 g/mol. The molecular formula is C20H18F3N. The van der Waals surface area contributed by atoms with Crippen LogP contribution < -0.4 is 5.32 Å². The Hall–Kier alpha value is -2.33. The predicted molar refractivity (Wildman–Crippen MR) is 90.6 cm³/mol. The molecule has 3 aromatic carbocycles. The summed E-state index contributed by atoms with van der Waals surface area (Å²) < 4.78 is 37.8. The van der Waals surface area contributed by atoms with Crippen molar-refractivity contribution in [1.82, 2.24) is 5.32 Å². The van der Waals surface area contributed by atoms with Crippen LogP contribution in [0.25, 0.3) is 10.8 Å². The van der Waals surface area contributed by atoms with Gasteiger partial charge in [-0.05, 0) is 41.0 Å². The van der Waals surface area contributed by atoms with E-state index in [0.717, 1.165) is 17.7 Å². The number of rotatable bonds is 4. The second kappa shape index (κ2) is 6.65. The first-order valence-corrected chi connectivity index (χ1v) is 7.82. The maximum atomic E-state index is 12.6. The minimum absolute atomic E-state index is 0.0957. The third kappa shape index (κ3) is 3.60. The zero-order chi connectivity index (χ0) is 17.2. The SMILES string of the molecule is CC(NCc1ccc(C(F)(F)F)cc1)c1cccc2ccccc12. The molecule has 1 nitrogen and oxygen atoms in total. The van der Waals surface area contributed by atoms with E-state index in [0.29, 0.717) is 6.54 Å². The van der Waals surface area contributed by atoms with Gasteiger partial charge < -0.3 is 5.32 Å². The third-order valence-electron chi connectivity index (χ3n) is 4.18. The van der Waals surface area contributed by atoms with Gasteiger partial charge in [-0.15, -0.1) is 0 Å². The highest BCUT2D eigenvalue weighted by atomic mass is 19.4. The summed E-state index contributed by atoms with van der Waals surface area (Å²) in [6.45, 7) is 2.58. The minimum Gasteiger partial charge on any atom is -0.306 e. The van der Waals surface area contributed by atoms with E-state index < -0.39 is 11.7 Å². The molecule has 0 radical (unpaired) electrons. The quantitative estimate of drug-likeness (QED) is 0.646. The Balaban J connectivity index is 1.72. The fourth-order valence-electron chi connectivity index (χ4n) is 2.82. The molecule has 0 spiro atoms. The molecule has 124 valence electrons. The summed E-state index contributed by atoms with van der Waals surface area (Å²) in [4.78, 5) is 0. The van der Waals surface area contributed by atoms with Crippen LogP contribution in [0.5, 0.6) is 0 Å². The summed E-state index contributed by atoms with van der Waals surface area (Å²) in [7, 11) is 0. The maximum absolute atomic E-state index is 12.6. The molecule has 0 heterocycles. The summed E-state index contributed by atoms with van der Waals surface area (Å²) in [5.41, 5.74) is 1.39. The summed E-state index contributed by atoms with van der Waals surface area (Å²) in [5.74, 6) is 0. The van der Waals surface area contributed by atoms with Gasteiger partial charge in [-0.3, -0.25) is 0 Å². The highest BCUT2D eigenvalue weighted by Gasteiger charge is 2.29. The number of benzene rings is 3. The number of fused-ring (bicyclic) bond motifs is 1. The first kappa shape index (κ1) is 16.5. The topological polar surface area (TPSA) is 12.0 Å². The molecule has 0 fully saturated rings. The average Bonchev–Trinajstić information content (AvgIpc) is 2.59. The monoisotopic (exact) mass is 329 g/mol. The Kier molecular flexibility index (Phi) is 4.58. The first-order chi connectivity index (χ1) is 11.4. The molecule has 0 saturated carbocycles. The molecule has 4 heteroatoms. The number of hydrogen-bond donors (Lipinski definition) is 1. The van der Waals surface area contributed by atoms with Gasteiger partial charge in [0.2, 0.25) is 0 Å². The fraction of sp³-hybridized carbons (Fsp3) is 0.200. The number of alkyl halides is 3. The molecule has 0 aromatic heterocycles. The number of nitrogens with one attached hydrogen (secondary N) is 1. The summed E-state index contributed by atoms with van der Waals surface area (Å²) >= 11 is 0. The van der Waals surface area contributed by atoms with Gasteiger partial charge in [-0.1, -0.05) is 54.6 Å². The van der Waals surface area contributed by atoms with E-state index in [1.807, 2.05) is 18.2 Å². The highest BCUT2D eigenvalue weighted by molar-refractivity contribution is 5.86. The van der Waals surface area contributed by atoms with E-state index >= 15 is 0 Å². The molecule has 1 unspecified atom stereocenters. The van der Waals surface area contributed by atoms with Crippen molar-refractivity contribution in [2.45, 2.75) is 25.7 Å². The molecule has 0 saturated heterocycles. The Morgan fingerprint density at radius 2 is 1.54 bits per heavy atom. The van der Waals surface area contributed by atoms with Crippen LogP contribution in [0.3, 0.4) is 0 Å². The van der Waals surface area contributed by atoms with Gasteiger partial charge in [0.1, 0.15) is 0 Å². The van der Waals surface area contributed by atoms with E-state index in [1.54, 1.807) is 0 Å².